The van der Waals surface area contributed by atoms with Crippen LogP contribution in [0.15, 0.2) is 18.2 Å². The molecule has 0 spiro atoms. The third kappa shape index (κ3) is 6.07. The van der Waals surface area contributed by atoms with E-state index in [1.807, 2.05) is 13.0 Å². The molecule has 2 atom stereocenters. The zero-order chi connectivity index (χ0) is 18.5. The molecule has 3 rings (SSSR count). The Labute approximate surface area is 166 Å². The molecule has 0 radical (unpaired) electrons. The number of hydrogen-bond acceptors (Lipinski definition) is 5. The van der Waals surface area contributed by atoms with Gasteiger partial charge < -0.3 is 16.0 Å². The van der Waals surface area contributed by atoms with Crippen LogP contribution in [0.3, 0.4) is 0 Å². The number of piperidine rings is 1. The van der Waals surface area contributed by atoms with Gasteiger partial charge in [0.05, 0.1) is 4.92 Å². The van der Waals surface area contributed by atoms with Crippen molar-refractivity contribution < 1.29 is 9.72 Å². The summed E-state index contributed by atoms with van der Waals surface area (Å²) in [5.41, 5.74) is 1.48. The van der Waals surface area contributed by atoms with Crippen molar-refractivity contribution in [2.24, 2.45) is 5.92 Å². The van der Waals surface area contributed by atoms with Gasteiger partial charge in [-0.05, 0) is 56.6 Å². The molecule has 8 heteroatoms. The average Bonchev–Trinajstić information content (AvgIpc) is 2.94. The van der Waals surface area contributed by atoms with Crippen LogP contribution in [0.4, 0.5) is 11.4 Å². The SMILES string of the molecule is Cc1ccc(NCCCNC(=O)CC2CC3CCC(C2)N3)c([N+](=O)[O-])c1.Cl. The van der Waals surface area contributed by atoms with Gasteiger partial charge >= 0.3 is 0 Å². The van der Waals surface area contributed by atoms with E-state index in [4.69, 9.17) is 0 Å². The van der Waals surface area contributed by atoms with Gasteiger partial charge in [0.1, 0.15) is 5.69 Å². The lowest BCUT2D eigenvalue weighted by molar-refractivity contribution is -0.384. The zero-order valence-electron chi connectivity index (χ0n) is 15.7. The lowest BCUT2D eigenvalue weighted by atomic mass is 9.89. The number of fused-ring (bicyclic) bond motifs is 2. The Morgan fingerprint density at radius 1 is 1.26 bits per heavy atom. The maximum absolute atomic E-state index is 12.1. The summed E-state index contributed by atoms with van der Waals surface area (Å²) in [7, 11) is 0. The molecule has 1 aromatic rings. The van der Waals surface area contributed by atoms with Crippen molar-refractivity contribution in [2.45, 2.75) is 57.5 Å². The Kier molecular flexibility index (Phi) is 7.86. The highest BCUT2D eigenvalue weighted by molar-refractivity contribution is 5.85. The van der Waals surface area contributed by atoms with Gasteiger partial charge in [0.15, 0.2) is 0 Å². The number of halogens is 1. The molecule has 2 aliphatic rings. The predicted molar refractivity (Wildman–Crippen MR) is 108 cm³/mol. The van der Waals surface area contributed by atoms with Crippen LogP contribution in [0.25, 0.3) is 0 Å². The Morgan fingerprint density at radius 2 is 1.96 bits per heavy atom. The molecule has 27 heavy (non-hydrogen) atoms. The van der Waals surface area contributed by atoms with Crippen LogP contribution in [-0.4, -0.2) is 36.0 Å². The predicted octanol–water partition coefficient (Wildman–Crippen LogP) is 3.16. The molecule has 150 valence electrons. The normalized spacial score (nSPS) is 23.4. The molecule has 1 amide bonds. The molecule has 3 N–H and O–H groups in total. The fourth-order valence-corrected chi connectivity index (χ4v) is 4.16. The number of hydrogen-bond donors (Lipinski definition) is 3. The number of carbonyl (C=O) groups is 1. The second-order valence-electron chi connectivity index (χ2n) is 7.59. The molecule has 1 aromatic carbocycles. The highest BCUT2D eigenvalue weighted by atomic mass is 35.5. The standard InChI is InChI=1S/C19H28N4O3.ClH/c1-13-3-6-17(18(9-13)23(25)26)20-7-2-8-21-19(24)12-14-10-15-4-5-16(11-14)22-15;/h3,6,9,14-16,20,22H,2,4-5,7-8,10-12H2,1H3,(H,21,24);1H. The second-order valence-corrected chi connectivity index (χ2v) is 7.59. The Hall–Kier alpha value is -1.86. The molecule has 0 saturated carbocycles. The van der Waals surface area contributed by atoms with Crippen LogP contribution in [0, 0.1) is 23.0 Å². The second kappa shape index (κ2) is 9.90. The van der Waals surface area contributed by atoms with Crippen LogP contribution in [-0.2, 0) is 4.79 Å². The molecule has 2 unspecified atom stereocenters. The summed E-state index contributed by atoms with van der Waals surface area (Å²) >= 11 is 0. The maximum atomic E-state index is 12.1. The summed E-state index contributed by atoms with van der Waals surface area (Å²) in [5, 5.41) is 20.8. The van der Waals surface area contributed by atoms with Gasteiger partial charge in [-0.1, -0.05) is 6.07 Å². The molecule has 2 fully saturated rings. The van der Waals surface area contributed by atoms with E-state index in [2.05, 4.69) is 16.0 Å². The van der Waals surface area contributed by atoms with Crippen molar-refractivity contribution >= 4 is 29.7 Å². The summed E-state index contributed by atoms with van der Waals surface area (Å²) < 4.78 is 0. The van der Waals surface area contributed by atoms with Crippen LogP contribution in [0.1, 0.15) is 44.1 Å². The largest absolute Gasteiger partial charge is 0.379 e. The maximum Gasteiger partial charge on any atom is 0.292 e. The van der Waals surface area contributed by atoms with Crippen molar-refractivity contribution in [1.29, 1.82) is 0 Å². The Balaban J connectivity index is 0.00000261. The number of nitro groups is 1. The van der Waals surface area contributed by atoms with Gasteiger partial charge in [-0.15, -0.1) is 12.4 Å². The number of anilines is 1. The average molecular weight is 397 g/mol. The fourth-order valence-electron chi connectivity index (χ4n) is 4.16. The van der Waals surface area contributed by atoms with E-state index in [0.29, 0.717) is 43.2 Å². The zero-order valence-corrected chi connectivity index (χ0v) is 16.5. The Bertz CT molecular complexity index is 658. The van der Waals surface area contributed by atoms with E-state index in [0.717, 1.165) is 24.8 Å². The highest BCUT2D eigenvalue weighted by Gasteiger charge is 2.34. The summed E-state index contributed by atoms with van der Waals surface area (Å²) in [6.07, 6.45) is 6.07. The first-order chi connectivity index (χ1) is 12.5. The van der Waals surface area contributed by atoms with Gasteiger partial charge in [0.25, 0.3) is 5.69 Å². The number of carbonyl (C=O) groups excluding carboxylic acids is 1. The molecule has 2 bridgehead atoms. The van der Waals surface area contributed by atoms with Crippen molar-refractivity contribution in [3.8, 4) is 0 Å². The van der Waals surface area contributed by atoms with E-state index < -0.39 is 0 Å². The monoisotopic (exact) mass is 396 g/mol. The molecule has 7 nitrogen and oxygen atoms in total. The minimum atomic E-state index is -0.372. The lowest BCUT2D eigenvalue weighted by Crippen LogP contribution is -2.39. The van der Waals surface area contributed by atoms with Gasteiger partial charge in [-0.2, -0.15) is 0 Å². The van der Waals surface area contributed by atoms with Crippen molar-refractivity contribution in [2.75, 3.05) is 18.4 Å². The first-order valence-electron chi connectivity index (χ1n) is 9.53. The number of rotatable bonds is 8. The molecule has 0 aliphatic carbocycles. The quantitative estimate of drug-likeness (QED) is 0.356. The van der Waals surface area contributed by atoms with Crippen LogP contribution in [0.2, 0.25) is 0 Å². The minimum Gasteiger partial charge on any atom is -0.379 e. The molecule has 2 saturated heterocycles. The van der Waals surface area contributed by atoms with Gasteiger partial charge in [0.2, 0.25) is 5.91 Å². The number of nitro benzene ring substituents is 1. The lowest BCUT2D eigenvalue weighted by Gasteiger charge is -2.28. The van der Waals surface area contributed by atoms with Gasteiger partial charge in [0, 0.05) is 37.7 Å². The number of amides is 1. The van der Waals surface area contributed by atoms with E-state index in [9.17, 15) is 14.9 Å². The van der Waals surface area contributed by atoms with Crippen LogP contribution in [0.5, 0.6) is 0 Å². The number of benzene rings is 1. The number of nitrogens with zero attached hydrogens (tertiary/aromatic N) is 1. The highest BCUT2D eigenvalue weighted by Crippen LogP contribution is 2.32. The van der Waals surface area contributed by atoms with Crippen LogP contribution < -0.4 is 16.0 Å². The third-order valence-electron chi connectivity index (χ3n) is 5.39. The summed E-state index contributed by atoms with van der Waals surface area (Å²) in [6, 6.07) is 6.37. The Morgan fingerprint density at radius 3 is 2.63 bits per heavy atom. The minimum absolute atomic E-state index is 0. The van der Waals surface area contributed by atoms with Gasteiger partial charge in [-0.3, -0.25) is 14.9 Å². The smallest absolute Gasteiger partial charge is 0.292 e. The molecule has 0 aromatic heterocycles. The molecule has 2 aliphatic heterocycles. The summed E-state index contributed by atoms with van der Waals surface area (Å²) in [4.78, 5) is 22.8. The first-order valence-corrected chi connectivity index (χ1v) is 9.53. The molecular formula is C19H29ClN4O3. The van der Waals surface area contributed by atoms with E-state index in [1.165, 1.54) is 12.8 Å². The van der Waals surface area contributed by atoms with Crippen LogP contribution >= 0.6 is 12.4 Å². The first kappa shape index (κ1) is 21.4. The van der Waals surface area contributed by atoms with E-state index in [1.54, 1.807) is 12.1 Å². The fraction of sp³-hybridized carbons (Fsp3) is 0.632. The topological polar surface area (TPSA) is 96.3 Å². The number of aryl methyl sites for hydroxylation is 1. The molecule has 2 heterocycles. The van der Waals surface area contributed by atoms with Gasteiger partial charge in [-0.25, -0.2) is 0 Å². The van der Waals surface area contributed by atoms with Crippen molar-refractivity contribution in [3.05, 3.63) is 33.9 Å². The van der Waals surface area contributed by atoms with E-state index >= 15 is 0 Å². The van der Waals surface area contributed by atoms with E-state index in [-0.39, 0.29) is 28.9 Å². The van der Waals surface area contributed by atoms with Crippen molar-refractivity contribution in [3.63, 3.8) is 0 Å². The third-order valence-corrected chi connectivity index (χ3v) is 5.39. The molecular weight excluding hydrogens is 368 g/mol. The summed E-state index contributed by atoms with van der Waals surface area (Å²) in [6.45, 7) is 3.01. The number of nitrogens with one attached hydrogen (secondary N) is 3. The van der Waals surface area contributed by atoms with Crippen molar-refractivity contribution in [1.82, 2.24) is 10.6 Å². The summed E-state index contributed by atoms with van der Waals surface area (Å²) in [5.74, 6) is 0.625.